The predicted octanol–water partition coefficient (Wildman–Crippen LogP) is 3.86. The third-order valence-electron chi connectivity index (χ3n) is 5.34. The first-order chi connectivity index (χ1) is 7.69. The van der Waals surface area contributed by atoms with Gasteiger partial charge in [-0.15, -0.1) is 0 Å². The molecule has 0 amide bonds. The first-order valence-corrected chi connectivity index (χ1v) is 7.37. The molecule has 2 saturated carbocycles. The number of aliphatic hydroxyl groups is 1. The van der Waals surface area contributed by atoms with Gasteiger partial charge in [0.1, 0.15) is 0 Å². The zero-order valence-electron chi connectivity index (χ0n) is 11.2. The number of rotatable bonds is 4. The summed E-state index contributed by atoms with van der Waals surface area (Å²) < 4.78 is 0. The Labute approximate surface area is 101 Å². The molecule has 1 N–H and O–H groups in total. The third kappa shape index (κ3) is 2.03. The molecular weight excluding hydrogens is 196 g/mol. The van der Waals surface area contributed by atoms with Gasteiger partial charge in [0.2, 0.25) is 0 Å². The Hall–Kier alpha value is -0.0400. The van der Waals surface area contributed by atoms with Crippen LogP contribution in [0.2, 0.25) is 0 Å². The van der Waals surface area contributed by atoms with Crippen molar-refractivity contribution in [3.63, 3.8) is 0 Å². The lowest BCUT2D eigenvalue weighted by molar-refractivity contribution is -0.113. The Morgan fingerprint density at radius 3 is 2.56 bits per heavy atom. The van der Waals surface area contributed by atoms with Crippen molar-refractivity contribution < 1.29 is 5.11 Å². The standard InChI is InChI=1S/C15H28O/c1-4-6-10(3)15-12(5-2)14-9-11(16)7-8-13(14)15/h10-16H,4-9H2,1-3H3. The zero-order chi connectivity index (χ0) is 11.7. The molecule has 0 saturated heterocycles. The van der Waals surface area contributed by atoms with Gasteiger partial charge in [-0.3, -0.25) is 0 Å². The van der Waals surface area contributed by atoms with E-state index >= 15 is 0 Å². The maximum atomic E-state index is 9.77. The highest BCUT2D eigenvalue weighted by molar-refractivity contribution is 5.01. The van der Waals surface area contributed by atoms with Crippen LogP contribution >= 0.6 is 0 Å². The topological polar surface area (TPSA) is 20.2 Å². The van der Waals surface area contributed by atoms with Crippen molar-refractivity contribution in [1.82, 2.24) is 0 Å². The Bertz CT molecular complexity index is 219. The second kappa shape index (κ2) is 5.08. The highest BCUT2D eigenvalue weighted by Crippen LogP contribution is 2.58. The fourth-order valence-electron chi connectivity index (χ4n) is 4.70. The molecule has 16 heavy (non-hydrogen) atoms. The highest BCUT2D eigenvalue weighted by atomic mass is 16.3. The molecule has 1 nitrogen and oxygen atoms in total. The third-order valence-corrected chi connectivity index (χ3v) is 5.34. The lowest BCUT2D eigenvalue weighted by Crippen LogP contribution is -2.53. The smallest absolute Gasteiger partial charge is 0.0543 e. The van der Waals surface area contributed by atoms with E-state index in [4.69, 9.17) is 0 Å². The van der Waals surface area contributed by atoms with Crippen molar-refractivity contribution in [1.29, 1.82) is 0 Å². The lowest BCUT2D eigenvalue weighted by atomic mass is 9.47. The van der Waals surface area contributed by atoms with Crippen molar-refractivity contribution in [2.24, 2.45) is 29.6 Å². The molecule has 6 atom stereocenters. The van der Waals surface area contributed by atoms with E-state index in [2.05, 4.69) is 20.8 Å². The van der Waals surface area contributed by atoms with Crippen LogP contribution in [0.15, 0.2) is 0 Å². The Balaban J connectivity index is 1.98. The molecule has 2 aliphatic rings. The minimum Gasteiger partial charge on any atom is -0.393 e. The Morgan fingerprint density at radius 1 is 1.19 bits per heavy atom. The van der Waals surface area contributed by atoms with Gasteiger partial charge in [-0.05, 0) is 48.9 Å². The monoisotopic (exact) mass is 224 g/mol. The van der Waals surface area contributed by atoms with Gasteiger partial charge in [0, 0.05) is 0 Å². The van der Waals surface area contributed by atoms with Crippen LogP contribution in [-0.4, -0.2) is 11.2 Å². The minimum absolute atomic E-state index is 0.0118. The molecule has 0 radical (unpaired) electrons. The molecule has 0 aliphatic heterocycles. The summed E-state index contributed by atoms with van der Waals surface area (Å²) in [6, 6.07) is 0. The van der Waals surface area contributed by atoms with Gasteiger partial charge in [-0.1, -0.05) is 40.0 Å². The van der Waals surface area contributed by atoms with Gasteiger partial charge in [0.25, 0.3) is 0 Å². The van der Waals surface area contributed by atoms with Crippen LogP contribution in [0.25, 0.3) is 0 Å². The predicted molar refractivity (Wildman–Crippen MR) is 68.2 cm³/mol. The van der Waals surface area contributed by atoms with Crippen LogP contribution in [0.5, 0.6) is 0 Å². The van der Waals surface area contributed by atoms with Gasteiger partial charge in [-0.25, -0.2) is 0 Å². The van der Waals surface area contributed by atoms with E-state index in [1.807, 2.05) is 0 Å². The number of hydrogen-bond acceptors (Lipinski definition) is 1. The quantitative estimate of drug-likeness (QED) is 0.769. The van der Waals surface area contributed by atoms with Gasteiger partial charge >= 0.3 is 0 Å². The summed E-state index contributed by atoms with van der Waals surface area (Å²) >= 11 is 0. The van der Waals surface area contributed by atoms with E-state index in [0.717, 1.165) is 42.4 Å². The summed E-state index contributed by atoms with van der Waals surface area (Å²) in [5.41, 5.74) is 0. The molecule has 0 spiro atoms. The van der Waals surface area contributed by atoms with Crippen LogP contribution in [0.1, 0.15) is 59.3 Å². The van der Waals surface area contributed by atoms with Gasteiger partial charge in [-0.2, -0.15) is 0 Å². The molecule has 2 fully saturated rings. The molecule has 0 bridgehead atoms. The SMILES string of the molecule is CCCC(C)C1C(CC)C2CC(O)CCC21. The van der Waals surface area contributed by atoms with E-state index in [1.165, 1.54) is 25.7 Å². The highest BCUT2D eigenvalue weighted by Gasteiger charge is 2.52. The average molecular weight is 224 g/mol. The van der Waals surface area contributed by atoms with E-state index < -0.39 is 0 Å². The molecule has 94 valence electrons. The molecule has 0 aromatic heterocycles. The number of fused-ring (bicyclic) bond motifs is 1. The first-order valence-electron chi connectivity index (χ1n) is 7.37. The fourth-order valence-corrected chi connectivity index (χ4v) is 4.70. The summed E-state index contributed by atoms with van der Waals surface area (Å²) in [5, 5.41) is 9.77. The van der Waals surface area contributed by atoms with Crippen molar-refractivity contribution in [2.75, 3.05) is 0 Å². The van der Waals surface area contributed by atoms with Crippen LogP contribution in [-0.2, 0) is 0 Å². The molecule has 6 unspecified atom stereocenters. The van der Waals surface area contributed by atoms with E-state index in [-0.39, 0.29) is 6.10 Å². The van der Waals surface area contributed by atoms with Crippen LogP contribution < -0.4 is 0 Å². The summed E-state index contributed by atoms with van der Waals surface area (Å²) in [6.45, 7) is 7.10. The molecule has 0 aromatic carbocycles. The van der Waals surface area contributed by atoms with E-state index in [9.17, 15) is 5.11 Å². The molecular formula is C15H28O. The maximum Gasteiger partial charge on any atom is 0.0543 e. The summed E-state index contributed by atoms with van der Waals surface area (Å²) in [4.78, 5) is 0. The second-order valence-electron chi connectivity index (χ2n) is 6.21. The lowest BCUT2D eigenvalue weighted by Gasteiger charge is -2.58. The molecule has 0 heterocycles. The van der Waals surface area contributed by atoms with Gasteiger partial charge in [0.15, 0.2) is 0 Å². The van der Waals surface area contributed by atoms with Gasteiger partial charge < -0.3 is 5.11 Å². The maximum absolute atomic E-state index is 9.77. The number of hydrogen-bond donors (Lipinski definition) is 1. The molecule has 0 aromatic rings. The number of aliphatic hydroxyl groups excluding tert-OH is 1. The van der Waals surface area contributed by atoms with Crippen LogP contribution in [0.3, 0.4) is 0 Å². The van der Waals surface area contributed by atoms with Crippen molar-refractivity contribution >= 4 is 0 Å². The van der Waals surface area contributed by atoms with Crippen molar-refractivity contribution in [3.05, 3.63) is 0 Å². The Morgan fingerprint density at radius 2 is 1.94 bits per heavy atom. The van der Waals surface area contributed by atoms with Crippen LogP contribution in [0, 0.1) is 29.6 Å². The normalized spacial score (nSPS) is 44.6. The summed E-state index contributed by atoms with van der Waals surface area (Å²) in [5.74, 6) is 4.61. The summed E-state index contributed by atoms with van der Waals surface area (Å²) in [6.07, 6.45) is 7.51. The fraction of sp³-hybridized carbons (Fsp3) is 1.00. The molecule has 2 aliphatic carbocycles. The molecule has 2 rings (SSSR count). The van der Waals surface area contributed by atoms with E-state index in [0.29, 0.717) is 0 Å². The van der Waals surface area contributed by atoms with Gasteiger partial charge in [0.05, 0.1) is 6.10 Å². The Kier molecular flexibility index (Phi) is 3.94. The first kappa shape index (κ1) is 12.4. The second-order valence-corrected chi connectivity index (χ2v) is 6.21. The molecule has 1 heteroatoms. The largest absolute Gasteiger partial charge is 0.393 e. The minimum atomic E-state index is 0.0118. The average Bonchev–Trinajstić information content (AvgIpc) is 2.23. The summed E-state index contributed by atoms with van der Waals surface area (Å²) in [7, 11) is 0. The van der Waals surface area contributed by atoms with Crippen molar-refractivity contribution in [3.8, 4) is 0 Å². The van der Waals surface area contributed by atoms with E-state index in [1.54, 1.807) is 0 Å². The zero-order valence-corrected chi connectivity index (χ0v) is 11.2. The van der Waals surface area contributed by atoms with Crippen LogP contribution in [0.4, 0.5) is 0 Å². The van der Waals surface area contributed by atoms with Crippen molar-refractivity contribution in [2.45, 2.75) is 65.4 Å².